The molecule has 1 heterocycles. The van der Waals surface area contributed by atoms with Crippen LogP contribution in [0, 0.1) is 37.2 Å². The van der Waals surface area contributed by atoms with Crippen molar-refractivity contribution in [1.82, 2.24) is 9.47 Å². The Balaban J connectivity index is 0.00000768. The first kappa shape index (κ1) is 39.6. The van der Waals surface area contributed by atoms with Crippen LogP contribution in [-0.4, -0.2) is 47.0 Å². The van der Waals surface area contributed by atoms with E-state index in [1.165, 1.54) is 20.0 Å². The Morgan fingerprint density at radius 2 is 1.55 bits per heavy atom. The predicted octanol–water partition coefficient (Wildman–Crippen LogP) is 7.59. The molecule has 0 bridgehead atoms. The first-order valence-corrected chi connectivity index (χ1v) is 14.8. The van der Waals surface area contributed by atoms with Crippen molar-refractivity contribution in [2.24, 2.45) is 5.92 Å². The van der Waals surface area contributed by atoms with E-state index in [9.17, 15) is 41.4 Å². The minimum atomic E-state index is -5.19. The zero-order valence-corrected chi connectivity index (χ0v) is 28.1. The molecule has 0 aliphatic heterocycles. The monoisotopic (exact) mass is 686 g/mol. The number of carboxylic acids is 1. The van der Waals surface area contributed by atoms with E-state index in [0.717, 1.165) is 28.8 Å². The molecule has 0 spiro atoms. The Morgan fingerprint density at radius 3 is 2.06 bits per heavy atom. The highest BCUT2D eigenvalue weighted by Gasteiger charge is 2.38. The summed E-state index contributed by atoms with van der Waals surface area (Å²) in [5.41, 5.74) is -2.40. The summed E-state index contributed by atoms with van der Waals surface area (Å²) in [4.78, 5) is 40.6. The van der Waals surface area contributed by atoms with Gasteiger partial charge < -0.3 is 14.6 Å². The molecule has 6 nitrogen and oxygen atoms in total. The van der Waals surface area contributed by atoms with E-state index in [1.54, 1.807) is 27.9 Å². The molecule has 258 valence electrons. The summed E-state index contributed by atoms with van der Waals surface area (Å²) in [6.45, 7) is 6.95. The van der Waals surface area contributed by atoms with Gasteiger partial charge in [0.1, 0.15) is 11.6 Å². The second-order valence-electron chi connectivity index (χ2n) is 12.4. The van der Waals surface area contributed by atoms with Gasteiger partial charge in [-0.2, -0.15) is 26.7 Å². The summed E-state index contributed by atoms with van der Waals surface area (Å²) in [5, 5.41) is 9.70. The van der Waals surface area contributed by atoms with E-state index in [4.69, 9.17) is 0 Å². The highest BCUT2D eigenvalue weighted by atomic mass is 32.1. The molecule has 47 heavy (non-hydrogen) atoms. The lowest BCUT2D eigenvalue weighted by molar-refractivity contribution is -0.140. The largest absolute Gasteiger partial charge is 0.481 e. The molecule has 0 radical (unpaired) electrons. The number of benzene rings is 2. The van der Waals surface area contributed by atoms with Crippen molar-refractivity contribution < 1.29 is 41.0 Å². The fraction of sp³-hybridized carbons (Fsp3) is 0.441. The molecule has 0 amide bonds. The van der Waals surface area contributed by atoms with Crippen LogP contribution in [0.5, 0.6) is 0 Å². The van der Waals surface area contributed by atoms with Crippen LogP contribution in [0.4, 0.5) is 26.3 Å². The van der Waals surface area contributed by atoms with Crippen LogP contribution in [0.15, 0.2) is 41.3 Å². The Kier molecular flexibility index (Phi) is 13.5. The van der Waals surface area contributed by atoms with Gasteiger partial charge in [-0.3, -0.25) is 14.4 Å². The first-order chi connectivity index (χ1) is 21.3. The topological polar surface area (TPSA) is 79.6 Å². The molecule has 3 rings (SSSR count). The number of nitrogens with zero attached hydrogens (tertiary/aromatic N) is 2. The molecule has 2 atom stereocenters. The third kappa shape index (κ3) is 9.96. The second kappa shape index (κ2) is 16.0. The van der Waals surface area contributed by atoms with Crippen LogP contribution in [0.2, 0.25) is 0 Å². The van der Waals surface area contributed by atoms with Gasteiger partial charge in [-0.15, -0.1) is 0 Å². The van der Waals surface area contributed by atoms with Gasteiger partial charge in [-0.25, -0.2) is 13.2 Å². The first-order valence-electron chi connectivity index (χ1n) is 14.8. The van der Waals surface area contributed by atoms with Crippen molar-refractivity contribution in [3.8, 4) is 11.1 Å². The number of aromatic nitrogens is 1. The van der Waals surface area contributed by atoms with Gasteiger partial charge in [0.25, 0.3) is 5.56 Å². The number of carboxylic acid groups (broad SMARTS) is 1. The Morgan fingerprint density at radius 1 is 0.957 bits per heavy atom. The van der Waals surface area contributed by atoms with Crippen LogP contribution >= 0.6 is 13.5 Å². The number of rotatable bonds is 13. The second-order valence-corrected chi connectivity index (χ2v) is 12.4. The number of pyridine rings is 1. The molecule has 0 aliphatic carbocycles. The molecule has 0 saturated carbocycles. The van der Waals surface area contributed by atoms with Crippen molar-refractivity contribution in [3.63, 3.8) is 0 Å². The number of aliphatic carboxylic acids is 1. The standard InChI is InChI=1S/C34H38F6N2O4.H2S/c1-18(2)9-28(42-17-21(7-8-41(5)6)12-27(36)33(42)46)29(43)15-22(16-30(44)45)25-13-23(14-26(32(25)37)34(38,39)40)31-19(3)10-24(35)11-20(31)4;/h10-14,17-18,22,28H,7-9,15-16H2,1-6H3,(H,44,45);1H2/t22-,28?;/m0./s1. The van der Waals surface area contributed by atoms with Gasteiger partial charge >= 0.3 is 12.1 Å². The number of halogens is 6. The molecular weight excluding hydrogens is 646 g/mol. The van der Waals surface area contributed by atoms with Crippen molar-refractivity contribution in [2.45, 2.75) is 71.5 Å². The maximum absolute atomic E-state index is 15.7. The van der Waals surface area contributed by atoms with E-state index in [0.29, 0.717) is 24.6 Å². The molecule has 1 N–H and O–H groups in total. The van der Waals surface area contributed by atoms with Crippen molar-refractivity contribution in [3.05, 3.63) is 92.2 Å². The summed E-state index contributed by atoms with van der Waals surface area (Å²) in [6, 6.07) is 3.63. The minimum Gasteiger partial charge on any atom is -0.481 e. The van der Waals surface area contributed by atoms with Gasteiger partial charge in [0.15, 0.2) is 11.6 Å². The molecule has 2 aromatic carbocycles. The van der Waals surface area contributed by atoms with Gasteiger partial charge in [0.2, 0.25) is 0 Å². The Labute approximate surface area is 276 Å². The van der Waals surface area contributed by atoms with E-state index in [2.05, 4.69) is 0 Å². The Hall–Kier alpha value is -3.58. The van der Waals surface area contributed by atoms with Gasteiger partial charge in [-0.1, -0.05) is 13.8 Å². The molecule has 1 aromatic heterocycles. The van der Waals surface area contributed by atoms with Crippen molar-refractivity contribution >= 4 is 25.2 Å². The number of carbonyl (C=O) groups excluding carboxylic acids is 1. The molecule has 0 aliphatic rings. The van der Waals surface area contributed by atoms with Gasteiger partial charge in [0, 0.05) is 25.1 Å². The summed E-state index contributed by atoms with van der Waals surface area (Å²) in [6.07, 6.45) is -5.13. The number of carbonyl (C=O) groups is 2. The molecule has 0 saturated heterocycles. The quantitative estimate of drug-likeness (QED) is 0.188. The third-order valence-electron chi connectivity index (χ3n) is 7.81. The third-order valence-corrected chi connectivity index (χ3v) is 7.81. The van der Waals surface area contributed by atoms with E-state index >= 15 is 4.39 Å². The summed E-state index contributed by atoms with van der Waals surface area (Å²) in [5.74, 6) is -7.52. The van der Waals surface area contributed by atoms with Crippen molar-refractivity contribution in [1.29, 1.82) is 0 Å². The average molecular weight is 687 g/mol. The predicted molar refractivity (Wildman–Crippen MR) is 173 cm³/mol. The van der Waals surface area contributed by atoms with Crippen LogP contribution in [0.3, 0.4) is 0 Å². The number of hydrogen-bond acceptors (Lipinski definition) is 4. The lowest BCUT2D eigenvalue weighted by Crippen LogP contribution is -2.34. The molecular formula is C34H40F6N2O4S. The average Bonchev–Trinajstić information content (AvgIpc) is 2.91. The molecule has 3 aromatic rings. The number of likely N-dealkylation sites (N-methyl/N-ethyl adjacent to an activating group) is 1. The van der Waals surface area contributed by atoms with E-state index < -0.39 is 76.9 Å². The lowest BCUT2D eigenvalue weighted by Gasteiger charge is -2.25. The lowest BCUT2D eigenvalue weighted by atomic mass is 9.83. The number of hydrogen-bond donors (Lipinski definition) is 1. The molecule has 1 unspecified atom stereocenters. The smallest absolute Gasteiger partial charge is 0.419 e. The van der Waals surface area contributed by atoms with Crippen molar-refractivity contribution in [2.75, 3.05) is 20.6 Å². The summed E-state index contributed by atoms with van der Waals surface area (Å²) >= 11 is 0. The Bertz CT molecular complexity index is 1650. The molecule has 0 fully saturated rings. The van der Waals surface area contributed by atoms with Crippen LogP contribution in [0.1, 0.15) is 72.9 Å². The van der Waals surface area contributed by atoms with E-state index in [1.807, 2.05) is 4.90 Å². The SMILES string of the molecule is Cc1cc(F)cc(C)c1-c1cc([C@H](CC(=O)O)CC(=O)C(CC(C)C)n2cc(CCN(C)C)cc(F)c2=O)c(F)c(C(F)(F)F)c1.S. The van der Waals surface area contributed by atoms with Gasteiger partial charge in [-0.05, 0) is 110 Å². The number of Topliss-reactive ketones (excluding diaryl/α,β-unsaturated/α-hetero) is 1. The summed E-state index contributed by atoms with van der Waals surface area (Å²) in [7, 11) is 3.61. The van der Waals surface area contributed by atoms with E-state index in [-0.39, 0.29) is 48.1 Å². The normalized spacial score (nSPS) is 13.1. The fourth-order valence-corrected chi connectivity index (χ4v) is 5.73. The summed E-state index contributed by atoms with van der Waals surface area (Å²) < 4.78 is 88.0. The number of alkyl halides is 3. The number of ketones is 1. The van der Waals surface area contributed by atoms with Crippen LogP contribution in [-0.2, 0) is 22.2 Å². The maximum Gasteiger partial charge on any atom is 0.419 e. The minimum absolute atomic E-state index is 0. The highest BCUT2D eigenvalue weighted by molar-refractivity contribution is 7.59. The van der Waals surface area contributed by atoms with Gasteiger partial charge in [0.05, 0.1) is 18.0 Å². The fourth-order valence-electron chi connectivity index (χ4n) is 5.73. The zero-order chi connectivity index (χ0) is 34.7. The maximum atomic E-state index is 15.7. The molecule has 13 heteroatoms. The van der Waals surface area contributed by atoms with Crippen LogP contribution < -0.4 is 5.56 Å². The number of aryl methyl sites for hydroxylation is 2. The zero-order valence-electron chi connectivity index (χ0n) is 27.1. The highest BCUT2D eigenvalue weighted by Crippen LogP contribution is 2.41. The van der Waals surface area contributed by atoms with Crippen LogP contribution in [0.25, 0.3) is 11.1 Å².